The zero-order valence-corrected chi connectivity index (χ0v) is 10.7. The third kappa shape index (κ3) is 2.50. The summed E-state index contributed by atoms with van der Waals surface area (Å²) in [7, 11) is 0. The number of benzene rings is 1. The minimum absolute atomic E-state index is 0.0566. The molecule has 2 atom stereocenters. The Hall–Kier alpha value is -1.35. The van der Waals surface area contributed by atoms with Crippen molar-refractivity contribution in [1.29, 1.82) is 0 Å². The monoisotopic (exact) mass is 232 g/mol. The largest absolute Gasteiger partial charge is 0.348 e. The standard InChI is InChI=1S/C14H20N2O/c1-9-5-4-6-10(2)13(9)14(17)16-12-8-15-7-11(12)3/h4-6,11-12,15H,7-8H2,1-3H3,(H,16,17). The van der Waals surface area contributed by atoms with Gasteiger partial charge in [0.2, 0.25) is 0 Å². The summed E-state index contributed by atoms with van der Waals surface area (Å²) in [5.41, 5.74) is 2.91. The predicted molar refractivity (Wildman–Crippen MR) is 69.2 cm³/mol. The summed E-state index contributed by atoms with van der Waals surface area (Å²) in [6, 6.07) is 6.21. The van der Waals surface area contributed by atoms with Crippen LogP contribution in [0.25, 0.3) is 0 Å². The van der Waals surface area contributed by atoms with Crippen molar-refractivity contribution in [2.75, 3.05) is 13.1 Å². The van der Waals surface area contributed by atoms with Gasteiger partial charge in [0.15, 0.2) is 0 Å². The van der Waals surface area contributed by atoms with Gasteiger partial charge in [-0.25, -0.2) is 0 Å². The molecular weight excluding hydrogens is 212 g/mol. The van der Waals surface area contributed by atoms with Crippen LogP contribution < -0.4 is 10.6 Å². The Morgan fingerprint density at radius 2 is 1.94 bits per heavy atom. The minimum Gasteiger partial charge on any atom is -0.348 e. The van der Waals surface area contributed by atoms with Gasteiger partial charge in [-0.1, -0.05) is 25.1 Å². The first-order chi connectivity index (χ1) is 8.09. The Morgan fingerprint density at radius 3 is 2.47 bits per heavy atom. The van der Waals surface area contributed by atoms with E-state index in [9.17, 15) is 4.79 Å². The second kappa shape index (κ2) is 4.88. The van der Waals surface area contributed by atoms with Crippen molar-refractivity contribution in [2.45, 2.75) is 26.8 Å². The van der Waals surface area contributed by atoms with Gasteiger partial charge in [-0.2, -0.15) is 0 Å². The van der Waals surface area contributed by atoms with Gasteiger partial charge in [0.1, 0.15) is 0 Å². The van der Waals surface area contributed by atoms with Crippen molar-refractivity contribution in [2.24, 2.45) is 5.92 Å². The van der Waals surface area contributed by atoms with E-state index in [1.54, 1.807) is 0 Å². The lowest BCUT2D eigenvalue weighted by molar-refractivity contribution is 0.0931. The van der Waals surface area contributed by atoms with Crippen LogP contribution in [0.15, 0.2) is 18.2 Å². The normalized spacial score (nSPS) is 23.7. The van der Waals surface area contributed by atoms with E-state index in [0.29, 0.717) is 5.92 Å². The Labute approximate surface area is 103 Å². The van der Waals surface area contributed by atoms with Gasteiger partial charge >= 0.3 is 0 Å². The maximum Gasteiger partial charge on any atom is 0.252 e. The summed E-state index contributed by atoms with van der Waals surface area (Å²) in [6.07, 6.45) is 0. The predicted octanol–water partition coefficient (Wildman–Crippen LogP) is 1.64. The number of aryl methyl sites for hydroxylation is 2. The molecule has 0 radical (unpaired) electrons. The lowest BCUT2D eigenvalue weighted by atomic mass is 10.0. The molecule has 0 saturated carbocycles. The molecule has 0 aliphatic carbocycles. The summed E-state index contributed by atoms with van der Waals surface area (Å²) in [5, 5.41) is 6.42. The molecule has 2 N–H and O–H groups in total. The van der Waals surface area contributed by atoms with E-state index >= 15 is 0 Å². The third-order valence-corrected chi connectivity index (χ3v) is 3.54. The second-order valence-electron chi connectivity index (χ2n) is 4.98. The van der Waals surface area contributed by atoms with Crippen LogP contribution in [-0.2, 0) is 0 Å². The quantitative estimate of drug-likeness (QED) is 0.814. The summed E-state index contributed by atoms with van der Waals surface area (Å²) >= 11 is 0. The van der Waals surface area contributed by atoms with Gasteiger partial charge in [0.05, 0.1) is 0 Å². The Morgan fingerprint density at radius 1 is 1.29 bits per heavy atom. The molecular formula is C14H20N2O. The van der Waals surface area contributed by atoms with Crippen LogP contribution in [0.4, 0.5) is 0 Å². The van der Waals surface area contributed by atoms with Crippen LogP contribution in [0.3, 0.4) is 0 Å². The molecule has 1 heterocycles. The molecule has 0 spiro atoms. The van der Waals surface area contributed by atoms with Crippen LogP contribution >= 0.6 is 0 Å². The third-order valence-electron chi connectivity index (χ3n) is 3.54. The fourth-order valence-electron chi connectivity index (χ4n) is 2.42. The summed E-state index contributed by atoms with van der Waals surface area (Å²) in [4.78, 5) is 12.2. The molecule has 0 aromatic heterocycles. The van der Waals surface area contributed by atoms with E-state index in [4.69, 9.17) is 0 Å². The molecule has 1 saturated heterocycles. The van der Waals surface area contributed by atoms with Crippen molar-refractivity contribution in [3.05, 3.63) is 34.9 Å². The first-order valence-corrected chi connectivity index (χ1v) is 6.17. The molecule has 1 fully saturated rings. The van der Waals surface area contributed by atoms with Crippen LogP contribution in [-0.4, -0.2) is 25.0 Å². The molecule has 17 heavy (non-hydrogen) atoms. The topological polar surface area (TPSA) is 41.1 Å². The molecule has 1 aromatic carbocycles. The number of hydrogen-bond donors (Lipinski definition) is 2. The maximum atomic E-state index is 12.2. The average molecular weight is 232 g/mol. The van der Waals surface area contributed by atoms with Gasteiger partial charge in [0.25, 0.3) is 5.91 Å². The van der Waals surface area contributed by atoms with E-state index in [0.717, 1.165) is 29.8 Å². The molecule has 1 aromatic rings. The van der Waals surface area contributed by atoms with E-state index < -0.39 is 0 Å². The zero-order valence-electron chi connectivity index (χ0n) is 10.7. The number of hydrogen-bond acceptors (Lipinski definition) is 2. The van der Waals surface area contributed by atoms with Crippen LogP contribution in [0.2, 0.25) is 0 Å². The summed E-state index contributed by atoms with van der Waals surface area (Å²) in [6.45, 7) is 7.99. The second-order valence-corrected chi connectivity index (χ2v) is 4.98. The van der Waals surface area contributed by atoms with Crippen molar-refractivity contribution < 1.29 is 4.79 Å². The first kappa shape index (κ1) is 12.1. The van der Waals surface area contributed by atoms with E-state index in [1.807, 2.05) is 32.0 Å². The molecule has 0 bridgehead atoms. The zero-order chi connectivity index (χ0) is 12.4. The maximum absolute atomic E-state index is 12.2. The summed E-state index contributed by atoms with van der Waals surface area (Å²) in [5.74, 6) is 0.560. The van der Waals surface area contributed by atoms with Gasteiger partial charge in [-0.3, -0.25) is 4.79 Å². The van der Waals surface area contributed by atoms with Crippen molar-refractivity contribution in [3.63, 3.8) is 0 Å². The first-order valence-electron chi connectivity index (χ1n) is 6.17. The molecule has 92 valence electrons. The molecule has 1 aliphatic heterocycles. The molecule has 1 aliphatic rings. The van der Waals surface area contributed by atoms with E-state index in [1.165, 1.54) is 0 Å². The van der Waals surface area contributed by atoms with Crippen LogP contribution in [0.1, 0.15) is 28.4 Å². The Balaban J connectivity index is 2.14. The van der Waals surface area contributed by atoms with Crippen molar-refractivity contribution >= 4 is 5.91 Å². The lowest BCUT2D eigenvalue weighted by Gasteiger charge is -2.18. The number of nitrogens with one attached hydrogen (secondary N) is 2. The summed E-state index contributed by atoms with van der Waals surface area (Å²) < 4.78 is 0. The van der Waals surface area contributed by atoms with E-state index in [2.05, 4.69) is 17.6 Å². The highest BCUT2D eigenvalue weighted by Gasteiger charge is 2.25. The van der Waals surface area contributed by atoms with Crippen LogP contribution in [0, 0.1) is 19.8 Å². The minimum atomic E-state index is 0.0566. The fraction of sp³-hybridized carbons (Fsp3) is 0.500. The highest BCUT2D eigenvalue weighted by Crippen LogP contribution is 2.15. The van der Waals surface area contributed by atoms with Crippen molar-refractivity contribution in [3.8, 4) is 0 Å². The molecule has 3 heteroatoms. The number of carbonyl (C=O) groups is 1. The van der Waals surface area contributed by atoms with Gasteiger partial charge in [0, 0.05) is 18.2 Å². The Bertz CT molecular complexity index is 408. The molecule has 1 amide bonds. The smallest absolute Gasteiger partial charge is 0.252 e. The van der Waals surface area contributed by atoms with Gasteiger partial charge in [-0.15, -0.1) is 0 Å². The molecule has 2 rings (SSSR count). The highest BCUT2D eigenvalue weighted by atomic mass is 16.1. The number of rotatable bonds is 2. The number of carbonyl (C=O) groups excluding carboxylic acids is 1. The van der Waals surface area contributed by atoms with Crippen molar-refractivity contribution in [1.82, 2.24) is 10.6 Å². The fourth-order valence-corrected chi connectivity index (χ4v) is 2.42. The highest BCUT2D eigenvalue weighted by molar-refractivity contribution is 5.97. The SMILES string of the molecule is Cc1cccc(C)c1C(=O)NC1CNCC1C. The number of amides is 1. The van der Waals surface area contributed by atoms with Gasteiger partial charge in [-0.05, 0) is 37.4 Å². The lowest BCUT2D eigenvalue weighted by Crippen LogP contribution is -2.40. The Kier molecular flexibility index (Phi) is 3.48. The molecule has 3 nitrogen and oxygen atoms in total. The van der Waals surface area contributed by atoms with Crippen LogP contribution in [0.5, 0.6) is 0 Å². The van der Waals surface area contributed by atoms with Gasteiger partial charge < -0.3 is 10.6 Å². The average Bonchev–Trinajstić information content (AvgIpc) is 2.64. The van der Waals surface area contributed by atoms with E-state index in [-0.39, 0.29) is 11.9 Å². The molecule has 2 unspecified atom stereocenters.